The first kappa shape index (κ1) is 21.5. The molecule has 0 saturated heterocycles. The number of aliphatic hydroxyl groups is 1. The van der Waals surface area contributed by atoms with Gasteiger partial charge in [-0.2, -0.15) is 0 Å². The molecule has 0 saturated carbocycles. The van der Waals surface area contributed by atoms with Crippen LogP contribution >= 0.6 is 0 Å². The zero-order valence-electron chi connectivity index (χ0n) is 16.1. The maximum Gasteiger partial charge on any atom is 0.233 e. The summed E-state index contributed by atoms with van der Waals surface area (Å²) >= 11 is 0. The van der Waals surface area contributed by atoms with Crippen molar-refractivity contribution in [1.29, 1.82) is 0 Å². The predicted octanol–water partition coefficient (Wildman–Crippen LogP) is 2.48. The van der Waals surface area contributed by atoms with E-state index in [0.717, 1.165) is 11.8 Å². The lowest BCUT2D eigenvalue weighted by molar-refractivity contribution is -0.117. The van der Waals surface area contributed by atoms with E-state index >= 15 is 0 Å². The molecule has 2 N–H and O–H groups in total. The first-order chi connectivity index (χ1) is 14.3. The molecule has 30 heavy (non-hydrogen) atoms. The van der Waals surface area contributed by atoms with Crippen LogP contribution in [-0.4, -0.2) is 35.7 Å². The van der Waals surface area contributed by atoms with Gasteiger partial charge in [0.25, 0.3) is 0 Å². The number of rotatable bonds is 7. The molecule has 0 bridgehead atoms. The Morgan fingerprint density at radius 3 is 2.27 bits per heavy atom. The second-order valence-corrected chi connectivity index (χ2v) is 8.78. The number of nitrogens with one attached hydrogen (secondary N) is 1. The zero-order valence-corrected chi connectivity index (χ0v) is 16.9. The minimum absolute atomic E-state index is 0.151. The van der Waals surface area contributed by atoms with E-state index < -0.39 is 15.8 Å². The third kappa shape index (κ3) is 5.46. The van der Waals surface area contributed by atoms with E-state index in [1.54, 1.807) is 24.3 Å². The summed E-state index contributed by atoms with van der Waals surface area (Å²) in [5, 5.41) is 11.7. The fraction of sp³-hybridized carbons (Fsp3) is 0.190. The molecule has 0 aliphatic heterocycles. The predicted molar refractivity (Wildman–Crippen MR) is 109 cm³/mol. The molecule has 0 aliphatic rings. The van der Waals surface area contributed by atoms with Crippen molar-refractivity contribution in [2.45, 2.75) is 23.8 Å². The number of benzene rings is 2. The molecule has 1 amide bonds. The van der Waals surface area contributed by atoms with Gasteiger partial charge in [-0.15, -0.1) is 0 Å². The van der Waals surface area contributed by atoms with Crippen molar-refractivity contribution in [1.82, 2.24) is 9.97 Å². The van der Waals surface area contributed by atoms with Crippen LogP contribution in [0.5, 0.6) is 0 Å². The van der Waals surface area contributed by atoms with Crippen molar-refractivity contribution in [2.24, 2.45) is 0 Å². The number of aromatic nitrogens is 2. The van der Waals surface area contributed by atoms with E-state index in [4.69, 9.17) is 5.11 Å². The number of sulfone groups is 1. The molecule has 2 aromatic carbocycles. The highest BCUT2D eigenvalue weighted by atomic mass is 32.2. The van der Waals surface area contributed by atoms with Crippen molar-refractivity contribution in [2.75, 3.05) is 11.6 Å². The summed E-state index contributed by atoms with van der Waals surface area (Å²) in [6.45, 7) is -0.263. The van der Waals surface area contributed by atoms with E-state index in [-0.39, 0.29) is 35.5 Å². The summed E-state index contributed by atoms with van der Waals surface area (Å²) in [4.78, 5) is 21.2. The molecule has 0 unspecified atom stereocenters. The summed E-state index contributed by atoms with van der Waals surface area (Å²) < 4.78 is 36.7. The molecule has 156 valence electrons. The van der Waals surface area contributed by atoms with Gasteiger partial charge in [0, 0.05) is 6.26 Å². The van der Waals surface area contributed by atoms with Crippen LogP contribution in [0, 0.1) is 5.82 Å². The maximum atomic E-state index is 13.2. The molecule has 3 rings (SSSR count). The van der Waals surface area contributed by atoms with E-state index in [1.165, 1.54) is 36.7 Å². The van der Waals surface area contributed by atoms with Crippen LogP contribution in [0.3, 0.4) is 0 Å². The van der Waals surface area contributed by atoms with E-state index in [1.807, 2.05) is 0 Å². The Labute approximate surface area is 173 Å². The number of hydrogen-bond donors (Lipinski definition) is 2. The smallest absolute Gasteiger partial charge is 0.233 e. The maximum absolute atomic E-state index is 13.2. The number of carbonyl (C=O) groups excluding carboxylic acids is 1. The normalized spacial score (nSPS) is 12.4. The minimum atomic E-state index is -3.37. The van der Waals surface area contributed by atoms with E-state index in [9.17, 15) is 17.6 Å². The van der Waals surface area contributed by atoms with Crippen molar-refractivity contribution >= 4 is 21.6 Å². The summed E-state index contributed by atoms with van der Waals surface area (Å²) in [7, 11) is -3.37. The number of amides is 1. The molecule has 1 heterocycles. The van der Waals surface area contributed by atoms with Gasteiger partial charge in [-0.05, 0) is 41.8 Å². The highest BCUT2D eigenvalue weighted by Crippen LogP contribution is 2.24. The molecule has 1 atom stereocenters. The molecule has 0 spiro atoms. The number of anilines is 1. The molecule has 3 aromatic rings. The number of carbonyl (C=O) groups is 1. The second-order valence-electron chi connectivity index (χ2n) is 6.76. The van der Waals surface area contributed by atoms with E-state index in [0.29, 0.717) is 11.3 Å². The highest BCUT2D eigenvalue weighted by Gasteiger charge is 2.22. The lowest BCUT2D eigenvalue weighted by atomic mass is 9.91. The van der Waals surface area contributed by atoms with Gasteiger partial charge in [-0.3, -0.25) is 9.78 Å². The Morgan fingerprint density at radius 1 is 1.07 bits per heavy atom. The summed E-state index contributed by atoms with van der Waals surface area (Å²) in [5.74, 6) is -1.22. The minimum Gasteiger partial charge on any atom is -0.390 e. The standard InChI is InChI=1S/C21H20FN3O4S/c1-30(28,29)18-8-4-15(5-9-18)19(10-14-2-6-16(22)7-3-14)21(27)25-20-12-23-17(13-26)11-24-20/h2-9,11-12,19,26H,10,13H2,1H3,(H,24,25,27)/t19-/m1/s1. The lowest BCUT2D eigenvalue weighted by Gasteiger charge is -2.18. The third-order valence-corrected chi connectivity index (χ3v) is 5.63. The Balaban J connectivity index is 1.89. The van der Waals surface area contributed by atoms with Gasteiger partial charge < -0.3 is 10.4 Å². The molecule has 0 radical (unpaired) electrons. The van der Waals surface area contributed by atoms with Crippen LogP contribution in [-0.2, 0) is 27.7 Å². The van der Waals surface area contributed by atoms with Crippen LogP contribution < -0.4 is 5.32 Å². The highest BCUT2D eigenvalue weighted by molar-refractivity contribution is 7.90. The van der Waals surface area contributed by atoms with Gasteiger partial charge in [0.05, 0.1) is 35.5 Å². The Bertz CT molecular complexity index is 1120. The van der Waals surface area contributed by atoms with Crippen LogP contribution in [0.1, 0.15) is 22.7 Å². The van der Waals surface area contributed by atoms with Crippen LogP contribution in [0.2, 0.25) is 0 Å². The quantitative estimate of drug-likeness (QED) is 0.597. The SMILES string of the molecule is CS(=O)(=O)c1ccc([C@@H](Cc2ccc(F)cc2)C(=O)Nc2cnc(CO)cn2)cc1. The second kappa shape index (κ2) is 9.10. The molecule has 9 heteroatoms. The molecular weight excluding hydrogens is 409 g/mol. The summed E-state index contributed by atoms with van der Waals surface area (Å²) in [5.41, 5.74) is 1.71. The molecule has 0 aliphatic carbocycles. The Hall–Kier alpha value is -3.17. The Morgan fingerprint density at radius 2 is 1.73 bits per heavy atom. The summed E-state index contributed by atoms with van der Waals surface area (Å²) in [6.07, 6.45) is 4.07. The zero-order chi connectivity index (χ0) is 21.7. The summed E-state index contributed by atoms with van der Waals surface area (Å²) in [6, 6.07) is 11.9. The van der Waals surface area contributed by atoms with Gasteiger partial charge in [0.15, 0.2) is 15.7 Å². The molecular formula is C21H20FN3O4S. The van der Waals surface area contributed by atoms with Crippen molar-refractivity contribution < 1.29 is 22.7 Å². The van der Waals surface area contributed by atoms with E-state index in [2.05, 4.69) is 15.3 Å². The number of hydrogen-bond acceptors (Lipinski definition) is 6. The topological polar surface area (TPSA) is 109 Å². The molecule has 7 nitrogen and oxygen atoms in total. The molecule has 1 aromatic heterocycles. The van der Waals surface area contributed by atoms with Crippen LogP contribution in [0.25, 0.3) is 0 Å². The van der Waals surface area contributed by atoms with Gasteiger partial charge in [0.1, 0.15) is 5.82 Å². The average molecular weight is 429 g/mol. The van der Waals surface area contributed by atoms with Gasteiger partial charge in [-0.25, -0.2) is 17.8 Å². The first-order valence-corrected chi connectivity index (χ1v) is 10.9. The van der Waals surface area contributed by atoms with Crippen LogP contribution in [0.15, 0.2) is 65.8 Å². The van der Waals surface area contributed by atoms with Crippen molar-refractivity contribution in [3.05, 3.63) is 83.6 Å². The number of nitrogens with zero attached hydrogens (tertiary/aromatic N) is 2. The first-order valence-electron chi connectivity index (χ1n) is 9.03. The van der Waals surface area contributed by atoms with Crippen LogP contribution in [0.4, 0.5) is 10.2 Å². The molecule has 0 fully saturated rings. The lowest BCUT2D eigenvalue weighted by Crippen LogP contribution is -2.24. The fourth-order valence-electron chi connectivity index (χ4n) is 2.88. The monoisotopic (exact) mass is 429 g/mol. The Kier molecular flexibility index (Phi) is 6.53. The average Bonchev–Trinajstić information content (AvgIpc) is 2.73. The van der Waals surface area contributed by atoms with Crippen molar-refractivity contribution in [3.8, 4) is 0 Å². The third-order valence-electron chi connectivity index (χ3n) is 4.50. The van der Waals surface area contributed by atoms with Crippen molar-refractivity contribution in [3.63, 3.8) is 0 Å². The number of halogens is 1. The largest absolute Gasteiger partial charge is 0.390 e. The van der Waals surface area contributed by atoms with Gasteiger partial charge in [0.2, 0.25) is 5.91 Å². The number of aliphatic hydroxyl groups excluding tert-OH is 1. The fourth-order valence-corrected chi connectivity index (χ4v) is 3.51. The van der Waals surface area contributed by atoms with Gasteiger partial charge >= 0.3 is 0 Å². The van der Waals surface area contributed by atoms with Gasteiger partial charge in [-0.1, -0.05) is 24.3 Å².